The van der Waals surface area contributed by atoms with Crippen LogP contribution in [0.25, 0.3) is 0 Å². The number of aliphatic imine (C=N–C) groups is 1. The van der Waals surface area contributed by atoms with Gasteiger partial charge in [-0.2, -0.15) is 4.31 Å². The number of hydrogen-bond donors (Lipinski definition) is 2. The van der Waals surface area contributed by atoms with Gasteiger partial charge < -0.3 is 15.4 Å². The average Bonchev–Trinajstić information content (AvgIpc) is 3.11. The number of hydrogen-bond acceptors (Lipinski definition) is 5. The normalized spacial score (nSPS) is 23.6. The molecule has 0 saturated carbocycles. The third-order valence-electron chi connectivity index (χ3n) is 4.26. The predicted molar refractivity (Wildman–Crippen MR) is 107 cm³/mol. The fourth-order valence-corrected chi connectivity index (χ4v) is 5.21. The molecule has 7 nitrogen and oxygen atoms in total. The van der Waals surface area contributed by atoms with E-state index in [-0.39, 0.29) is 18.0 Å². The lowest BCUT2D eigenvalue weighted by Gasteiger charge is -2.34. The Morgan fingerprint density at radius 3 is 2.65 bits per heavy atom. The number of guanidine groups is 1. The van der Waals surface area contributed by atoms with Gasteiger partial charge in [0.25, 0.3) is 0 Å². The Morgan fingerprint density at radius 2 is 2.08 bits per heavy atom. The first kappa shape index (κ1) is 21.1. The molecular weight excluding hydrogens is 372 g/mol. The standard InChI is InChI=1S/C17H30N4O3S2/c1-13(16-6-5-8-25-16)10-20-17(18-4)19-7-9-26(22,23)21-11-14(2)24-15(3)12-21/h5-6,8,13-15H,7,9-12H2,1-4H3,(H2,18,19,20). The Morgan fingerprint density at radius 1 is 1.38 bits per heavy atom. The number of thiophene rings is 1. The number of sulfonamides is 1. The van der Waals surface area contributed by atoms with Crippen molar-refractivity contribution in [2.45, 2.75) is 38.9 Å². The molecule has 3 unspecified atom stereocenters. The Balaban J connectivity index is 1.77. The number of morpholine rings is 1. The molecule has 2 N–H and O–H groups in total. The largest absolute Gasteiger partial charge is 0.373 e. The van der Waals surface area contributed by atoms with E-state index in [2.05, 4.69) is 34.0 Å². The van der Waals surface area contributed by atoms with Crippen molar-refractivity contribution >= 4 is 27.3 Å². The molecule has 3 atom stereocenters. The van der Waals surface area contributed by atoms with Crippen LogP contribution >= 0.6 is 11.3 Å². The predicted octanol–water partition coefficient (Wildman–Crippen LogP) is 1.46. The summed E-state index contributed by atoms with van der Waals surface area (Å²) in [6.07, 6.45) is -0.149. The van der Waals surface area contributed by atoms with Crippen molar-refractivity contribution in [3.05, 3.63) is 22.4 Å². The molecule has 1 fully saturated rings. The van der Waals surface area contributed by atoms with Crippen LogP contribution in [0.2, 0.25) is 0 Å². The Hall–Kier alpha value is -1.16. The SMILES string of the molecule is CN=C(NCCS(=O)(=O)N1CC(C)OC(C)C1)NCC(C)c1cccs1. The van der Waals surface area contributed by atoms with Crippen LogP contribution in [0.1, 0.15) is 31.6 Å². The quantitative estimate of drug-likeness (QED) is 0.533. The topological polar surface area (TPSA) is 83.0 Å². The number of ether oxygens (including phenoxy) is 1. The summed E-state index contributed by atoms with van der Waals surface area (Å²) in [4.78, 5) is 5.48. The van der Waals surface area contributed by atoms with Crippen LogP contribution in [-0.4, -0.2) is 69.9 Å². The van der Waals surface area contributed by atoms with Gasteiger partial charge in [0.2, 0.25) is 10.0 Å². The Kier molecular flexibility index (Phi) is 7.87. The van der Waals surface area contributed by atoms with Crippen molar-refractivity contribution in [2.75, 3.05) is 39.0 Å². The molecule has 0 aliphatic carbocycles. The fourth-order valence-electron chi connectivity index (χ4n) is 2.93. The van der Waals surface area contributed by atoms with E-state index in [4.69, 9.17) is 4.74 Å². The van der Waals surface area contributed by atoms with Crippen LogP contribution in [0.4, 0.5) is 0 Å². The van der Waals surface area contributed by atoms with E-state index in [1.165, 1.54) is 9.18 Å². The molecule has 1 aliphatic rings. The zero-order valence-electron chi connectivity index (χ0n) is 15.9. The maximum Gasteiger partial charge on any atom is 0.216 e. The molecule has 0 spiro atoms. The smallest absolute Gasteiger partial charge is 0.216 e. The first-order valence-electron chi connectivity index (χ1n) is 8.93. The second kappa shape index (κ2) is 9.68. The third-order valence-corrected chi connectivity index (χ3v) is 7.17. The van der Waals surface area contributed by atoms with E-state index >= 15 is 0 Å². The van der Waals surface area contributed by atoms with Gasteiger partial charge in [-0.15, -0.1) is 11.3 Å². The van der Waals surface area contributed by atoms with Crippen molar-refractivity contribution in [1.82, 2.24) is 14.9 Å². The summed E-state index contributed by atoms with van der Waals surface area (Å²) < 4.78 is 32.2. The van der Waals surface area contributed by atoms with Gasteiger partial charge in [0.05, 0.1) is 18.0 Å². The van der Waals surface area contributed by atoms with E-state index in [0.717, 1.165) is 6.54 Å². The monoisotopic (exact) mass is 402 g/mol. The second-order valence-corrected chi connectivity index (χ2v) is 9.75. The number of nitrogens with zero attached hydrogens (tertiary/aromatic N) is 2. The molecule has 0 aromatic carbocycles. The summed E-state index contributed by atoms with van der Waals surface area (Å²) in [6.45, 7) is 7.84. The molecule has 0 bridgehead atoms. The van der Waals surface area contributed by atoms with E-state index in [1.807, 2.05) is 19.9 Å². The molecular formula is C17H30N4O3S2. The summed E-state index contributed by atoms with van der Waals surface area (Å²) in [7, 11) is -1.62. The summed E-state index contributed by atoms with van der Waals surface area (Å²) in [5.41, 5.74) is 0. The van der Waals surface area contributed by atoms with Crippen LogP contribution in [0.15, 0.2) is 22.5 Å². The van der Waals surface area contributed by atoms with Crippen molar-refractivity contribution in [1.29, 1.82) is 0 Å². The molecule has 9 heteroatoms. The van der Waals surface area contributed by atoms with Gasteiger partial charge in [-0.05, 0) is 25.3 Å². The molecule has 2 heterocycles. The van der Waals surface area contributed by atoms with Crippen LogP contribution in [-0.2, 0) is 14.8 Å². The Labute approximate surface area is 160 Å². The molecule has 148 valence electrons. The van der Waals surface area contributed by atoms with Gasteiger partial charge in [-0.25, -0.2) is 8.42 Å². The van der Waals surface area contributed by atoms with E-state index in [0.29, 0.717) is 31.5 Å². The van der Waals surface area contributed by atoms with Gasteiger partial charge in [-0.3, -0.25) is 4.99 Å². The molecule has 1 aliphatic heterocycles. The van der Waals surface area contributed by atoms with Gasteiger partial charge in [0, 0.05) is 44.0 Å². The first-order valence-corrected chi connectivity index (χ1v) is 11.4. The summed E-state index contributed by atoms with van der Waals surface area (Å²) in [5, 5.41) is 8.41. The van der Waals surface area contributed by atoms with Crippen LogP contribution < -0.4 is 10.6 Å². The first-order chi connectivity index (χ1) is 12.3. The van der Waals surface area contributed by atoms with Gasteiger partial charge >= 0.3 is 0 Å². The van der Waals surface area contributed by atoms with Crippen LogP contribution in [0, 0.1) is 0 Å². The molecule has 1 saturated heterocycles. The highest BCUT2D eigenvalue weighted by molar-refractivity contribution is 7.89. The lowest BCUT2D eigenvalue weighted by atomic mass is 10.1. The van der Waals surface area contributed by atoms with E-state index in [1.54, 1.807) is 18.4 Å². The maximum atomic E-state index is 12.5. The minimum atomic E-state index is -3.31. The lowest BCUT2D eigenvalue weighted by molar-refractivity contribution is -0.0440. The van der Waals surface area contributed by atoms with Crippen LogP contribution in [0.3, 0.4) is 0 Å². The fraction of sp³-hybridized carbons (Fsp3) is 0.706. The second-order valence-electron chi connectivity index (χ2n) is 6.69. The molecule has 26 heavy (non-hydrogen) atoms. The van der Waals surface area contributed by atoms with Gasteiger partial charge in [0.15, 0.2) is 5.96 Å². The minimum absolute atomic E-state index is 0.0353. The van der Waals surface area contributed by atoms with Crippen molar-refractivity contribution < 1.29 is 13.2 Å². The zero-order valence-corrected chi connectivity index (χ0v) is 17.6. The van der Waals surface area contributed by atoms with Gasteiger partial charge in [0.1, 0.15) is 0 Å². The summed E-state index contributed by atoms with van der Waals surface area (Å²) >= 11 is 1.73. The van der Waals surface area contributed by atoms with E-state index < -0.39 is 10.0 Å². The van der Waals surface area contributed by atoms with Crippen molar-refractivity contribution in [3.63, 3.8) is 0 Å². The molecule has 0 amide bonds. The molecule has 1 aromatic heterocycles. The third kappa shape index (κ3) is 6.22. The lowest BCUT2D eigenvalue weighted by Crippen LogP contribution is -2.50. The molecule has 2 rings (SSSR count). The highest BCUT2D eigenvalue weighted by Gasteiger charge is 2.30. The highest BCUT2D eigenvalue weighted by Crippen LogP contribution is 2.19. The molecule has 0 radical (unpaired) electrons. The van der Waals surface area contributed by atoms with Crippen molar-refractivity contribution in [3.8, 4) is 0 Å². The molecule has 1 aromatic rings. The number of rotatable bonds is 7. The zero-order chi connectivity index (χ0) is 19.2. The van der Waals surface area contributed by atoms with Gasteiger partial charge in [-0.1, -0.05) is 13.0 Å². The Bertz CT molecular complexity index is 666. The van der Waals surface area contributed by atoms with E-state index in [9.17, 15) is 8.42 Å². The summed E-state index contributed by atoms with van der Waals surface area (Å²) in [5.74, 6) is 1.02. The maximum absolute atomic E-state index is 12.5. The van der Waals surface area contributed by atoms with Crippen molar-refractivity contribution in [2.24, 2.45) is 4.99 Å². The summed E-state index contributed by atoms with van der Waals surface area (Å²) in [6, 6.07) is 4.16. The minimum Gasteiger partial charge on any atom is -0.373 e. The van der Waals surface area contributed by atoms with Crippen LogP contribution in [0.5, 0.6) is 0 Å². The number of nitrogens with one attached hydrogen (secondary N) is 2. The highest BCUT2D eigenvalue weighted by atomic mass is 32.2. The average molecular weight is 403 g/mol.